The Bertz CT molecular complexity index is 1280. The lowest BCUT2D eigenvalue weighted by atomic mass is 10.1. The third-order valence-electron chi connectivity index (χ3n) is 5.04. The summed E-state index contributed by atoms with van der Waals surface area (Å²) in [5, 5.41) is 2.92. The van der Waals surface area contributed by atoms with Crippen LogP contribution < -0.4 is 10.1 Å². The molecule has 0 radical (unpaired) electrons. The predicted molar refractivity (Wildman–Crippen MR) is 130 cm³/mol. The van der Waals surface area contributed by atoms with E-state index < -0.39 is 0 Å². The molecule has 1 amide bonds. The van der Waals surface area contributed by atoms with Crippen LogP contribution in [0.3, 0.4) is 0 Å². The van der Waals surface area contributed by atoms with E-state index in [1.165, 1.54) is 11.6 Å². The molecule has 162 valence electrons. The second-order valence-electron chi connectivity index (χ2n) is 8.13. The summed E-state index contributed by atoms with van der Waals surface area (Å²) in [5.41, 5.74) is 6.50. The quantitative estimate of drug-likeness (QED) is 0.382. The van der Waals surface area contributed by atoms with Gasteiger partial charge in [-0.2, -0.15) is 0 Å². The summed E-state index contributed by atoms with van der Waals surface area (Å²) in [6.07, 6.45) is 5.35. The molecule has 0 aliphatic carbocycles. The third-order valence-corrected chi connectivity index (χ3v) is 5.04. The molecule has 32 heavy (non-hydrogen) atoms. The van der Waals surface area contributed by atoms with Crippen LogP contribution in [0.5, 0.6) is 5.75 Å². The summed E-state index contributed by atoms with van der Waals surface area (Å²) >= 11 is 0. The molecular formula is C27H27N3O2. The topological polar surface area (TPSA) is 55.6 Å². The van der Waals surface area contributed by atoms with E-state index in [0.29, 0.717) is 11.4 Å². The van der Waals surface area contributed by atoms with Crippen LogP contribution in [-0.2, 0) is 4.79 Å². The molecule has 4 rings (SSSR count). The van der Waals surface area contributed by atoms with Crippen molar-refractivity contribution in [2.75, 3.05) is 5.32 Å². The Labute approximate surface area is 188 Å². The molecule has 0 fully saturated rings. The van der Waals surface area contributed by atoms with Crippen molar-refractivity contribution in [2.24, 2.45) is 0 Å². The number of nitrogens with one attached hydrogen (secondary N) is 1. The van der Waals surface area contributed by atoms with Crippen molar-refractivity contribution in [2.45, 2.75) is 33.8 Å². The number of imidazole rings is 1. The Balaban J connectivity index is 1.67. The number of nitrogens with zero attached hydrogens (tertiary/aromatic N) is 2. The van der Waals surface area contributed by atoms with Gasteiger partial charge in [-0.25, -0.2) is 4.98 Å². The number of benzene rings is 2. The molecule has 2 heterocycles. The Morgan fingerprint density at radius 1 is 1.03 bits per heavy atom. The number of amides is 1. The number of hydrogen-bond donors (Lipinski definition) is 1. The lowest BCUT2D eigenvalue weighted by Gasteiger charge is -2.14. The van der Waals surface area contributed by atoms with Gasteiger partial charge in [0.15, 0.2) is 0 Å². The molecule has 1 N–H and O–H groups in total. The average Bonchev–Trinajstić information content (AvgIpc) is 3.11. The fourth-order valence-corrected chi connectivity index (χ4v) is 3.50. The first-order valence-electron chi connectivity index (χ1n) is 10.7. The van der Waals surface area contributed by atoms with Gasteiger partial charge in [-0.3, -0.25) is 9.20 Å². The normalized spacial score (nSPS) is 11.4. The zero-order valence-corrected chi connectivity index (χ0v) is 18.8. The molecule has 0 aliphatic rings. The molecule has 0 saturated heterocycles. The van der Waals surface area contributed by atoms with Crippen molar-refractivity contribution in [1.82, 2.24) is 9.38 Å². The minimum Gasteiger partial charge on any atom is -0.489 e. The number of carbonyl (C=O) groups excluding carboxylic acids is 1. The van der Waals surface area contributed by atoms with Crippen molar-refractivity contribution < 1.29 is 9.53 Å². The highest BCUT2D eigenvalue weighted by atomic mass is 16.5. The van der Waals surface area contributed by atoms with Crippen LogP contribution in [0.15, 0.2) is 72.9 Å². The van der Waals surface area contributed by atoms with Crippen molar-refractivity contribution in [1.29, 1.82) is 0 Å². The Hall–Kier alpha value is -3.86. The number of carbonyl (C=O) groups is 1. The van der Waals surface area contributed by atoms with Gasteiger partial charge >= 0.3 is 0 Å². The third kappa shape index (κ3) is 4.72. The highest BCUT2D eigenvalue weighted by molar-refractivity contribution is 6.03. The first kappa shape index (κ1) is 21.4. The maximum Gasteiger partial charge on any atom is 0.248 e. The second kappa shape index (κ2) is 9.10. The molecule has 0 unspecified atom stereocenters. The van der Waals surface area contributed by atoms with Crippen LogP contribution in [-0.4, -0.2) is 21.4 Å². The van der Waals surface area contributed by atoms with E-state index >= 15 is 0 Å². The highest BCUT2D eigenvalue weighted by Crippen LogP contribution is 2.27. The number of rotatable bonds is 6. The van der Waals surface area contributed by atoms with E-state index in [4.69, 9.17) is 9.72 Å². The van der Waals surface area contributed by atoms with Crippen LogP contribution in [0.2, 0.25) is 0 Å². The van der Waals surface area contributed by atoms with Crippen molar-refractivity contribution in [3.05, 3.63) is 89.8 Å². The van der Waals surface area contributed by atoms with E-state index in [0.717, 1.165) is 28.2 Å². The SMILES string of the molecule is Cc1ccc(-c2nc3cc(C)ccn3c2/C=C/C(=O)Nc2ccccc2OC(C)C)cc1. The first-order chi connectivity index (χ1) is 15.4. The van der Waals surface area contributed by atoms with Gasteiger partial charge in [0, 0.05) is 17.8 Å². The minimum atomic E-state index is -0.235. The molecule has 2 aromatic carbocycles. The monoisotopic (exact) mass is 425 g/mol. The number of aryl methyl sites for hydroxylation is 2. The van der Waals surface area contributed by atoms with E-state index in [1.54, 1.807) is 0 Å². The van der Waals surface area contributed by atoms with Gasteiger partial charge in [0.1, 0.15) is 11.4 Å². The van der Waals surface area contributed by atoms with Crippen LogP contribution in [0, 0.1) is 13.8 Å². The predicted octanol–water partition coefficient (Wildman–Crippen LogP) is 6.06. The van der Waals surface area contributed by atoms with Crippen LogP contribution >= 0.6 is 0 Å². The summed E-state index contributed by atoms with van der Waals surface area (Å²) in [5.74, 6) is 0.414. The molecule has 0 bridgehead atoms. The van der Waals surface area contributed by atoms with Gasteiger partial charge < -0.3 is 10.1 Å². The lowest BCUT2D eigenvalue weighted by Crippen LogP contribution is -2.12. The Kier molecular flexibility index (Phi) is 6.08. The van der Waals surface area contributed by atoms with Crippen LogP contribution in [0.1, 0.15) is 30.7 Å². The largest absolute Gasteiger partial charge is 0.489 e. The van der Waals surface area contributed by atoms with Gasteiger partial charge in [-0.1, -0.05) is 42.0 Å². The first-order valence-corrected chi connectivity index (χ1v) is 10.7. The molecule has 0 atom stereocenters. The van der Waals surface area contributed by atoms with Crippen molar-refractivity contribution in [3.63, 3.8) is 0 Å². The van der Waals surface area contributed by atoms with Gasteiger partial charge in [-0.15, -0.1) is 0 Å². The van der Waals surface area contributed by atoms with Gasteiger partial charge in [0.05, 0.1) is 23.2 Å². The Morgan fingerprint density at radius 2 is 1.78 bits per heavy atom. The standard InChI is InChI=1S/C27H27N3O2/c1-18(2)32-24-8-6-5-7-22(24)28-26(31)14-13-23-27(21-11-9-19(3)10-12-21)29-25-17-20(4)15-16-30(23)25/h5-18H,1-4H3,(H,28,31)/b14-13+. The number of para-hydroxylation sites is 2. The van der Waals surface area contributed by atoms with Gasteiger partial charge in [-0.05, 0) is 63.6 Å². The molecular weight excluding hydrogens is 398 g/mol. The summed E-state index contributed by atoms with van der Waals surface area (Å²) in [6, 6.07) is 19.7. The fraction of sp³-hybridized carbons (Fsp3) is 0.185. The van der Waals surface area contributed by atoms with Gasteiger partial charge in [0.25, 0.3) is 0 Å². The summed E-state index contributed by atoms with van der Waals surface area (Å²) in [6.45, 7) is 8.01. The van der Waals surface area contributed by atoms with E-state index in [9.17, 15) is 4.79 Å². The number of pyridine rings is 1. The average molecular weight is 426 g/mol. The van der Waals surface area contributed by atoms with Crippen LogP contribution in [0.4, 0.5) is 5.69 Å². The van der Waals surface area contributed by atoms with Crippen LogP contribution in [0.25, 0.3) is 23.0 Å². The molecule has 0 aliphatic heterocycles. The number of hydrogen-bond acceptors (Lipinski definition) is 3. The molecule has 2 aromatic heterocycles. The molecule has 4 aromatic rings. The highest BCUT2D eigenvalue weighted by Gasteiger charge is 2.13. The molecule has 5 nitrogen and oxygen atoms in total. The fourth-order valence-electron chi connectivity index (χ4n) is 3.50. The van der Waals surface area contributed by atoms with Crippen molar-refractivity contribution in [3.8, 4) is 17.0 Å². The summed E-state index contributed by atoms with van der Waals surface area (Å²) < 4.78 is 7.80. The maximum atomic E-state index is 12.7. The van der Waals surface area contributed by atoms with E-state index in [-0.39, 0.29) is 12.0 Å². The number of aromatic nitrogens is 2. The van der Waals surface area contributed by atoms with Gasteiger partial charge in [0.2, 0.25) is 5.91 Å². The molecule has 0 saturated carbocycles. The summed E-state index contributed by atoms with van der Waals surface area (Å²) in [4.78, 5) is 17.6. The van der Waals surface area contributed by atoms with E-state index in [2.05, 4.69) is 36.5 Å². The van der Waals surface area contributed by atoms with E-state index in [1.807, 2.05) is 73.8 Å². The molecule has 5 heteroatoms. The zero-order valence-electron chi connectivity index (χ0n) is 18.8. The minimum absolute atomic E-state index is 0.0160. The smallest absolute Gasteiger partial charge is 0.248 e. The second-order valence-corrected chi connectivity index (χ2v) is 8.13. The Morgan fingerprint density at radius 3 is 2.53 bits per heavy atom. The lowest BCUT2D eigenvalue weighted by molar-refractivity contribution is -0.111. The molecule has 0 spiro atoms. The number of anilines is 1. The number of fused-ring (bicyclic) bond motifs is 1. The maximum absolute atomic E-state index is 12.7. The van der Waals surface area contributed by atoms with Crippen molar-refractivity contribution >= 4 is 23.3 Å². The summed E-state index contributed by atoms with van der Waals surface area (Å²) in [7, 11) is 0. The zero-order chi connectivity index (χ0) is 22.7. The number of ether oxygens (including phenoxy) is 1.